The van der Waals surface area contributed by atoms with E-state index in [1.54, 1.807) is 0 Å². The van der Waals surface area contributed by atoms with Gasteiger partial charge in [-0.25, -0.2) is 0 Å². The Bertz CT molecular complexity index is 1670. The lowest BCUT2D eigenvalue weighted by molar-refractivity contribution is 0.863. The fourth-order valence-corrected chi connectivity index (χ4v) is 6.04. The summed E-state index contributed by atoms with van der Waals surface area (Å²) in [6, 6.07) is 24.1. The number of allylic oxidation sites excluding steroid dienone is 2. The SMILES string of the molecule is Clc1ccc2c(c1)c1cc(Cl)ccc1n2C=C1CC(=Cn2c3ccc(Cl)cc3c3cc(Cl)ccc32)C1. The number of rotatable bonds is 2. The van der Waals surface area contributed by atoms with Crippen molar-refractivity contribution in [3.8, 4) is 0 Å². The third-order valence-electron chi connectivity index (χ3n) is 6.98. The fourth-order valence-electron chi connectivity index (χ4n) is 5.35. The van der Waals surface area contributed by atoms with E-state index in [4.69, 9.17) is 46.4 Å². The van der Waals surface area contributed by atoms with Crippen molar-refractivity contribution in [2.24, 2.45) is 0 Å². The highest BCUT2D eigenvalue weighted by Crippen LogP contribution is 2.39. The van der Waals surface area contributed by atoms with Crippen LogP contribution in [-0.2, 0) is 0 Å². The summed E-state index contributed by atoms with van der Waals surface area (Å²) in [6.07, 6.45) is 6.36. The van der Waals surface area contributed by atoms with Crippen molar-refractivity contribution in [2.75, 3.05) is 0 Å². The van der Waals surface area contributed by atoms with Gasteiger partial charge in [0.1, 0.15) is 0 Å². The van der Waals surface area contributed by atoms with Crippen molar-refractivity contribution in [3.63, 3.8) is 0 Å². The van der Waals surface area contributed by atoms with E-state index in [-0.39, 0.29) is 0 Å². The maximum absolute atomic E-state index is 6.32. The molecule has 1 saturated carbocycles. The van der Waals surface area contributed by atoms with Gasteiger partial charge in [0, 0.05) is 54.0 Å². The molecule has 1 aliphatic carbocycles. The standard InChI is InChI=1S/C30H18Cl4N2/c31-19-1-5-27-23(11-19)24-12-20(32)2-6-28(24)35(27)15-17-9-18(10-17)16-36-29-7-3-21(33)13-25(29)26-14-22(34)4-8-30(26)36/h1-8,11-16H,9-10H2. The summed E-state index contributed by atoms with van der Waals surface area (Å²) in [5.74, 6) is 0. The van der Waals surface area contributed by atoms with Crippen molar-refractivity contribution >= 4 is 102 Å². The molecule has 7 rings (SSSR count). The average Bonchev–Trinajstić information content (AvgIpc) is 3.29. The van der Waals surface area contributed by atoms with Gasteiger partial charge in [-0.05, 0) is 96.8 Å². The molecule has 0 aliphatic heterocycles. The number of hydrogen-bond donors (Lipinski definition) is 0. The van der Waals surface area contributed by atoms with Crippen LogP contribution in [0, 0.1) is 0 Å². The number of halogens is 4. The lowest BCUT2D eigenvalue weighted by atomic mass is 9.87. The maximum atomic E-state index is 6.32. The zero-order chi connectivity index (χ0) is 24.6. The summed E-state index contributed by atoms with van der Waals surface area (Å²) in [6.45, 7) is 0. The zero-order valence-electron chi connectivity index (χ0n) is 18.9. The van der Waals surface area contributed by atoms with Crippen LogP contribution in [0.3, 0.4) is 0 Å². The van der Waals surface area contributed by atoms with Crippen molar-refractivity contribution in [2.45, 2.75) is 12.8 Å². The predicted octanol–water partition coefficient (Wildman–Crippen LogP) is 10.7. The van der Waals surface area contributed by atoms with Gasteiger partial charge in [0.05, 0.1) is 22.1 Å². The molecule has 0 N–H and O–H groups in total. The van der Waals surface area contributed by atoms with Crippen molar-refractivity contribution in [1.82, 2.24) is 9.13 Å². The molecular weight excluding hydrogens is 530 g/mol. The molecule has 176 valence electrons. The van der Waals surface area contributed by atoms with Crippen LogP contribution in [0.2, 0.25) is 20.1 Å². The average molecular weight is 548 g/mol. The van der Waals surface area contributed by atoms with Gasteiger partial charge in [-0.15, -0.1) is 0 Å². The first-order valence-electron chi connectivity index (χ1n) is 11.6. The molecule has 6 heteroatoms. The summed E-state index contributed by atoms with van der Waals surface area (Å²) in [5.41, 5.74) is 7.24. The largest absolute Gasteiger partial charge is 0.316 e. The van der Waals surface area contributed by atoms with Crippen LogP contribution in [-0.4, -0.2) is 9.13 Å². The zero-order valence-corrected chi connectivity index (χ0v) is 21.9. The third-order valence-corrected chi connectivity index (χ3v) is 7.92. The third kappa shape index (κ3) is 3.55. The van der Waals surface area contributed by atoms with Crippen molar-refractivity contribution < 1.29 is 0 Å². The molecule has 6 aromatic rings. The lowest BCUT2D eigenvalue weighted by Gasteiger charge is -2.22. The molecule has 2 aromatic heterocycles. The van der Waals surface area contributed by atoms with Crippen molar-refractivity contribution in [1.29, 1.82) is 0 Å². The fraction of sp³-hybridized carbons (Fsp3) is 0.0667. The van der Waals surface area contributed by atoms with Gasteiger partial charge in [-0.3, -0.25) is 0 Å². The molecule has 0 unspecified atom stereocenters. The van der Waals surface area contributed by atoms with Gasteiger partial charge in [0.15, 0.2) is 0 Å². The molecule has 36 heavy (non-hydrogen) atoms. The second-order valence-electron chi connectivity index (χ2n) is 9.31. The predicted molar refractivity (Wildman–Crippen MR) is 157 cm³/mol. The van der Waals surface area contributed by atoms with Crippen LogP contribution in [0.15, 0.2) is 83.9 Å². The minimum Gasteiger partial charge on any atom is -0.316 e. The van der Waals surface area contributed by atoms with Gasteiger partial charge < -0.3 is 9.13 Å². The van der Waals surface area contributed by atoms with Crippen LogP contribution in [0.4, 0.5) is 0 Å². The lowest BCUT2D eigenvalue weighted by Crippen LogP contribution is -2.05. The Kier molecular flexibility index (Phi) is 5.16. The molecule has 2 heterocycles. The minimum atomic E-state index is 0.719. The van der Waals surface area contributed by atoms with E-state index in [1.165, 1.54) is 11.1 Å². The molecular formula is C30H18Cl4N2. The summed E-state index contributed by atoms with van der Waals surface area (Å²) in [7, 11) is 0. The Labute approximate surface area is 227 Å². The normalized spacial score (nSPS) is 13.8. The highest BCUT2D eigenvalue weighted by atomic mass is 35.5. The van der Waals surface area contributed by atoms with Gasteiger partial charge in [0.2, 0.25) is 0 Å². The molecule has 0 radical (unpaired) electrons. The van der Waals surface area contributed by atoms with E-state index in [0.717, 1.165) is 76.5 Å². The van der Waals surface area contributed by atoms with Gasteiger partial charge in [-0.2, -0.15) is 0 Å². The van der Waals surface area contributed by atoms with E-state index in [1.807, 2.05) is 48.5 Å². The van der Waals surface area contributed by atoms with E-state index < -0.39 is 0 Å². The number of benzene rings is 4. The Morgan fingerprint density at radius 2 is 0.722 bits per heavy atom. The minimum absolute atomic E-state index is 0.719. The number of fused-ring (bicyclic) bond motifs is 6. The first-order chi connectivity index (χ1) is 17.4. The van der Waals surface area contributed by atoms with Gasteiger partial charge >= 0.3 is 0 Å². The molecule has 0 amide bonds. The van der Waals surface area contributed by atoms with E-state index in [2.05, 4.69) is 45.8 Å². The number of aromatic nitrogens is 2. The smallest absolute Gasteiger partial charge is 0.0535 e. The second-order valence-corrected chi connectivity index (χ2v) is 11.1. The van der Waals surface area contributed by atoms with Gasteiger partial charge in [-0.1, -0.05) is 46.4 Å². The van der Waals surface area contributed by atoms with Crippen LogP contribution in [0.25, 0.3) is 56.0 Å². The van der Waals surface area contributed by atoms with Gasteiger partial charge in [0.25, 0.3) is 0 Å². The highest BCUT2D eigenvalue weighted by molar-refractivity contribution is 6.34. The van der Waals surface area contributed by atoms with Crippen LogP contribution >= 0.6 is 46.4 Å². The highest BCUT2D eigenvalue weighted by Gasteiger charge is 2.19. The van der Waals surface area contributed by atoms with Crippen molar-refractivity contribution in [3.05, 3.63) is 104 Å². The molecule has 0 spiro atoms. The quantitative estimate of drug-likeness (QED) is 0.204. The summed E-state index contributed by atoms with van der Waals surface area (Å²) >= 11 is 25.3. The first kappa shape index (κ1) is 22.3. The Morgan fingerprint density at radius 3 is 1.00 bits per heavy atom. The first-order valence-corrected chi connectivity index (χ1v) is 13.1. The molecule has 0 saturated heterocycles. The molecule has 1 aliphatic rings. The van der Waals surface area contributed by atoms with E-state index in [9.17, 15) is 0 Å². The van der Waals surface area contributed by atoms with Crippen LogP contribution in [0.1, 0.15) is 12.8 Å². The summed E-state index contributed by atoms with van der Waals surface area (Å²) in [5, 5.41) is 7.30. The maximum Gasteiger partial charge on any atom is 0.0535 e. The second kappa shape index (κ2) is 8.33. The van der Waals surface area contributed by atoms with Crippen LogP contribution < -0.4 is 0 Å². The van der Waals surface area contributed by atoms with Crippen LogP contribution in [0.5, 0.6) is 0 Å². The monoisotopic (exact) mass is 546 g/mol. The van der Waals surface area contributed by atoms with E-state index in [0.29, 0.717) is 0 Å². The topological polar surface area (TPSA) is 9.86 Å². The Balaban J connectivity index is 1.30. The molecule has 0 atom stereocenters. The summed E-state index contributed by atoms with van der Waals surface area (Å²) < 4.78 is 4.52. The molecule has 0 bridgehead atoms. The Morgan fingerprint density at radius 1 is 0.444 bits per heavy atom. The molecule has 4 aromatic carbocycles. The number of nitrogens with zero attached hydrogens (tertiary/aromatic N) is 2. The number of hydrogen-bond acceptors (Lipinski definition) is 0. The molecule has 2 nitrogen and oxygen atoms in total. The molecule has 1 fully saturated rings. The summed E-state index contributed by atoms with van der Waals surface area (Å²) in [4.78, 5) is 0. The van der Waals surface area contributed by atoms with E-state index >= 15 is 0 Å². The Hall–Kier alpha value is -2.88.